The van der Waals surface area contributed by atoms with Crippen LogP contribution in [-0.2, 0) is 34.0 Å². The molecule has 3 aliphatic heterocycles. The molecule has 0 bridgehead atoms. The van der Waals surface area contributed by atoms with Gasteiger partial charge in [-0.15, -0.1) is 0 Å². The number of hydrogen-bond acceptors (Lipinski definition) is 5. The second-order valence-corrected chi connectivity index (χ2v) is 8.12. The highest BCUT2D eigenvalue weighted by Gasteiger charge is 2.39. The molecule has 0 saturated carbocycles. The summed E-state index contributed by atoms with van der Waals surface area (Å²) in [5.41, 5.74) is 0.0396. The maximum atomic E-state index is 13.2. The van der Waals surface area contributed by atoms with E-state index in [0.717, 1.165) is 4.90 Å². The molecule has 0 aromatic heterocycles. The Morgan fingerprint density at radius 1 is 1.21 bits per heavy atom. The van der Waals surface area contributed by atoms with Gasteiger partial charge in [0.05, 0.1) is 22.7 Å². The fourth-order valence-electron chi connectivity index (χ4n) is 4.10. The summed E-state index contributed by atoms with van der Waals surface area (Å²) in [4.78, 5) is 40.4. The lowest BCUT2D eigenvalue weighted by Crippen LogP contribution is -2.49. The Bertz CT molecular complexity index is 1450. The summed E-state index contributed by atoms with van der Waals surface area (Å²) < 4.78 is 70.5. The third-order valence-corrected chi connectivity index (χ3v) is 5.87. The highest BCUT2D eigenvalue weighted by atomic mass is 16.5. The van der Waals surface area contributed by atoms with E-state index in [0.29, 0.717) is 24.1 Å². The largest absolute Gasteiger partial charge is 0.489 e. The van der Waals surface area contributed by atoms with Gasteiger partial charge in [-0.05, 0) is 36.1 Å². The number of benzene rings is 2. The van der Waals surface area contributed by atoms with E-state index in [1.165, 1.54) is 23.1 Å². The number of piperidine rings is 1. The van der Waals surface area contributed by atoms with E-state index in [4.69, 9.17) is 19.1 Å². The molecular formula is C26H27N3O5. The van der Waals surface area contributed by atoms with Crippen LogP contribution in [0.3, 0.4) is 0 Å². The molecule has 3 aliphatic rings. The number of allylic oxidation sites excluding steroid dienone is 1. The topological polar surface area (TPSA) is 88.2 Å². The lowest BCUT2D eigenvalue weighted by Gasteiger charge is -2.31. The van der Waals surface area contributed by atoms with E-state index >= 15 is 0 Å². The van der Waals surface area contributed by atoms with E-state index in [2.05, 4.69) is 11.9 Å². The smallest absolute Gasteiger partial charge is 0.255 e. The fraction of sp³-hybridized carbons (Fsp3) is 0.346. The van der Waals surface area contributed by atoms with Gasteiger partial charge >= 0.3 is 0 Å². The molecule has 5 rings (SSSR count). The first kappa shape index (κ1) is 15.3. The molecule has 34 heavy (non-hydrogen) atoms. The van der Waals surface area contributed by atoms with Crippen LogP contribution in [-0.4, -0.2) is 53.3 Å². The first-order valence-electron chi connectivity index (χ1n) is 14.4. The van der Waals surface area contributed by atoms with Crippen LogP contribution < -0.4 is 10.1 Å². The summed E-state index contributed by atoms with van der Waals surface area (Å²) in [6.45, 7) is -0.816. The molecule has 0 aliphatic carbocycles. The van der Waals surface area contributed by atoms with Gasteiger partial charge in [-0.3, -0.25) is 14.4 Å². The molecule has 8 nitrogen and oxygen atoms in total. The van der Waals surface area contributed by atoms with Crippen LogP contribution in [0.15, 0.2) is 54.6 Å². The average molecular weight is 469 g/mol. The Labute approximate surface area is 208 Å². The van der Waals surface area contributed by atoms with Gasteiger partial charge in [0.1, 0.15) is 25.0 Å². The summed E-state index contributed by atoms with van der Waals surface area (Å²) in [6.07, 6.45) is 0.880. The zero-order valence-electron chi connectivity index (χ0n) is 25.3. The van der Waals surface area contributed by atoms with Gasteiger partial charge in [-0.25, -0.2) is 0 Å². The first-order valence-corrected chi connectivity index (χ1v) is 10.8. The second-order valence-electron chi connectivity index (χ2n) is 8.12. The normalized spacial score (nSPS) is 24.7. The number of morpholine rings is 1. The zero-order valence-corrected chi connectivity index (χ0v) is 18.3. The van der Waals surface area contributed by atoms with E-state index < -0.39 is 60.7 Å². The van der Waals surface area contributed by atoms with Crippen LogP contribution in [0, 0.1) is 0 Å². The molecule has 0 radical (unpaired) electrons. The summed E-state index contributed by atoms with van der Waals surface area (Å²) in [6, 6.07) is 0.842. The van der Waals surface area contributed by atoms with Crippen LogP contribution >= 0.6 is 0 Å². The van der Waals surface area contributed by atoms with Gasteiger partial charge < -0.3 is 24.6 Å². The summed E-state index contributed by atoms with van der Waals surface area (Å²) in [5, 5.41) is 2.65. The van der Waals surface area contributed by atoms with Gasteiger partial charge in [0.25, 0.3) is 5.91 Å². The maximum absolute atomic E-state index is 13.2. The monoisotopic (exact) mass is 468 g/mol. The third-order valence-electron chi connectivity index (χ3n) is 5.87. The summed E-state index contributed by atoms with van der Waals surface area (Å²) in [5.74, 6) is -1.38. The van der Waals surface area contributed by atoms with Crippen molar-refractivity contribution in [1.29, 1.82) is 0 Å². The van der Waals surface area contributed by atoms with Gasteiger partial charge in [-0.1, -0.05) is 36.8 Å². The number of carbonyl (C=O) groups is 3. The van der Waals surface area contributed by atoms with Crippen molar-refractivity contribution in [3.05, 3.63) is 76.9 Å². The molecule has 2 fully saturated rings. The molecule has 2 atom stereocenters. The van der Waals surface area contributed by atoms with Gasteiger partial charge in [0.15, 0.2) is 0 Å². The van der Waals surface area contributed by atoms with Crippen molar-refractivity contribution in [2.45, 2.75) is 38.5 Å². The molecule has 176 valence electrons. The minimum absolute atomic E-state index is 0.0321. The third kappa shape index (κ3) is 4.41. The summed E-state index contributed by atoms with van der Waals surface area (Å²) in [7, 11) is 0. The molecule has 0 spiro atoms. The van der Waals surface area contributed by atoms with Gasteiger partial charge in [0, 0.05) is 29.9 Å². The van der Waals surface area contributed by atoms with Crippen LogP contribution in [0.4, 0.5) is 0 Å². The van der Waals surface area contributed by atoms with Crippen molar-refractivity contribution in [3.8, 4) is 5.75 Å². The van der Waals surface area contributed by atoms with Crippen LogP contribution in [0.25, 0.3) is 0 Å². The molecule has 2 saturated heterocycles. The molecular weight excluding hydrogens is 434 g/mol. The van der Waals surface area contributed by atoms with E-state index in [1.807, 2.05) is 0 Å². The number of nitrogens with zero attached hydrogens (tertiary/aromatic N) is 2. The number of hydrogen-bond donors (Lipinski definition) is 1. The molecule has 2 unspecified atom stereocenters. The fourth-order valence-corrected chi connectivity index (χ4v) is 4.10. The Balaban J connectivity index is 1.47. The van der Waals surface area contributed by atoms with Crippen molar-refractivity contribution in [1.82, 2.24) is 15.1 Å². The Kier molecular flexibility index (Phi) is 4.18. The van der Waals surface area contributed by atoms with E-state index in [9.17, 15) is 14.4 Å². The van der Waals surface area contributed by atoms with Crippen molar-refractivity contribution in [2.75, 3.05) is 19.8 Å². The van der Waals surface area contributed by atoms with Gasteiger partial charge in [-0.2, -0.15) is 0 Å². The number of carbonyl (C=O) groups excluding carboxylic acids is 3. The predicted octanol–water partition coefficient (Wildman–Crippen LogP) is 2.37. The number of nitrogens with one attached hydrogen (secondary N) is 1. The standard InChI is InChI=1S/C26H27N3O5/c1-17-5-10-22(25(31)27-17)29-14-21-20(26(29)32)3-2-4-23(21)34-15-19-8-6-18(7-9-19)13-28-11-12-33-16-24(28)30/h2-4,6-9,22H,1,5,10-16H2,(H,27,31)/i6D,7D,8D,9D,13D,15D2. The van der Waals surface area contributed by atoms with Crippen molar-refractivity contribution in [3.63, 3.8) is 0 Å². The van der Waals surface area contributed by atoms with Crippen molar-refractivity contribution in [2.24, 2.45) is 0 Å². The van der Waals surface area contributed by atoms with Crippen LogP contribution in [0.2, 0.25) is 0 Å². The number of ether oxygens (including phenoxy) is 2. The highest BCUT2D eigenvalue weighted by Crippen LogP contribution is 2.34. The van der Waals surface area contributed by atoms with Crippen LogP contribution in [0.1, 0.15) is 49.5 Å². The Morgan fingerprint density at radius 3 is 2.76 bits per heavy atom. The Morgan fingerprint density at radius 2 is 2.00 bits per heavy atom. The zero-order chi connectivity index (χ0) is 29.8. The number of rotatable bonds is 6. The quantitative estimate of drug-likeness (QED) is 0.703. The minimum Gasteiger partial charge on any atom is -0.489 e. The average Bonchev–Trinajstić information content (AvgIpc) is 3.24. The first-order chi connectivity index (χ1) is 19.3. The van der Waals surface area contributed by atoms with Gasteiger partial charge in [0.2, 0.25) is 11.8 Å². The highest BCUT2D eigenvalue weighted by molar-refractivity contribution is 6.02. The van der Waals surface area contributed by atoms with Crippen molar-refractivity contribution >= 4 is 17.7 Å². The van der Waals surface area contributed by atoms with E-state index in [-0.39, 0.29) is 49.1 Å². The lowest BCUT2D eigenvalue weighted by atomic mass is 10.0. The minimum atomic E-state index is -2.89. The number of amides is 3. The predicted molar refractivity (Wildman–Crippen MR) is 124 cm³/mol. The molecule has 1 N–H and O–H groups in total. The van der Waals surface area contributed by atoms with Crippen LogP contribution in [0.5, 0.6) is 5.75 Å². The molecule has 8 heteroatoms. The second kappa shape index (κ2) is 9.30. The van der Waals surface area contributed by atoms with E-state index in [1.54, 1.807) is 0 Å². The van der Waals surface area contributed by atoms with Crippen molar-refractivity contribution < 1.29 is 33.5 Å². The molecule has 3 heterocycles. The molecule has 3 amide bonds. The maximum Gasteiger partial charge on any atom is 0.255 e. The number of fused-ring (bicyclic) bond motifs is 1. The summed E-state index contributed by atoms with van der Waals surface area (Å²) >= 11 is 0. The Hall–Kier alpha value is -3.65. The molecule has 2 aromatic rings. The molecule has 2 aromatic carbocycles. The SMILES string of the molecule is [2H]c1c([2H])c(C([2H])([2H])Oc2cccc3c2CN(C2CCC(=C)NC2=O)C3=O)c([2H])c([2H])c1C([2H])N1CCOCC1=O. The lowest BCUT2D eigenvalue weighted by molar-refractivity contribution is -0.143.